The predicted molar refractivity (Wildman–Crippen MR) is 89.4 cm³/mol. The molecule has 0 N–H and O–H groups in total. The number of fused-ring (bicyclic) bond motifs is 1. The molecular weight excluding hydrogens is 589 g/mol. The molecule has 0 radical (unpaired) electrons. The molecule has 0 fully saturated rings. The molecule has 1 aliphatic carbocycles. The van der Waals surface area contributed by atoms with Crippen molar-refractivity contribution in [1.82, 2.24) is 0 Å². The Morgan fingerprint density at radius 3 is 2.27 bits per heavy atom. The molecule has 0 amide bonds. The quantitative estimate of drug-likeness (QED) is 0.288. The summed E-state index contributed by atoms with van der Waals surface area (Å²) in [6, 6.07) is 12.3. The van der Waals surface area contributed by atoms with E-state index in [2.05, 4.69) is 52.0 Å². The summed E-state index contributed by atoms with van der Waals surface area (Å²) in [5.74, 6) is -0.368. The molecule has 0 spiro atoms. The summed E-state index contributed by atoms with van der Waals surface area (Å²) in [5, 5.41) is 0. The topological polar surface area (TPSA) is 0 Å². The Morgan fingerprint density at radius 1 is 1.05 bits per heavy atom. The fraction of sp³-hybridized carbons (Fsp3) is 0.556. The zero-order chi connectivity index (χ0) is 14.5. The monoisotopic (exact) mass is 616 g/mol. The zero-order valence-corrected chi connectivity index (χ0v) is 22.2. The largest absolute Gasteiger partial charge is 1.00 e. The van der Waals surface area contributed by atoms with Crippen LogP contribution >= 0.6 is 0 Å². The van der Waals surface area contributed by atoms with Gasteiger partial charge in [-0.15, -0.1) is 0 Å². The minimum Gasteiger partial charge on any atom is -1.00 e. The molecule has 1 aliphatic rings. The molecule has 0 heterocycles. The van der Waals surface area contributed by atoms with E-state index in [4.69, 9.17) is 0 Å². The molecule has 0 saturated carbocycles. The average Bonchev–Trinajstić information content (AvgIpc) is 2.75. The van der Waals surface area contributed by atoms with Gasteiger partial charge in [-0.25, -0.2) is 0 Å². The van der Waals surface area contributed by atoms with Gasteiger partial charge < -0.3 is 48.0 Å². The van der Waals surface area contributed by atoms with Crippen LogP contribution in [-0.2, 0) is 22.4 Å². The van der Waals surface area contributed by atoms with Gasteiger partial charge in [-0.2, -0.15) is 0 Å². The molecule has 4 heteroatoms. The van der Waals surface area contributed by atoms with E-state index in [1.165, 1.54) is 31.4 Å². The van der Waals surface area contributed by atoms with Crippen molar-refractivity contribution in [3.63, 3.8) is 0 Å². The number of hydrogen-bond donors (Lipinski definition) is 0. The zero-order valence-electron chi connectivity index (χ0n) is 14.3. The normalized spacial score (nSPS) is 16.0. The molecule has 2 rings (SSSR count). The third-order valence-electron chi connectivity index (χ3n) is 4.69. The van der Waals surface area contributed by atoms with Crippen LogP contribution in [0.2, 0.25) is 12.1 Å². The third-order valence-corrected chi connectivity index (χ3v) is 21.0. The van der Waals surface area contributed by atoms with Crippen molar-refractivity contribution >= 4 is 11.5 Å². The summed E-state index contributed by atoms with van der Waals surface area (Å²) in [6.07, 6.45) is 4.06. The van der Waals surface area contributed by atoms with Crippen LogP contribution in [0, 0.1) is 0 Å². The number of unbranched alkanes of at least 4 members (excludes halogenated alkanes) is 1. The van der Waals surface area contributed by atoms with Crippen LogP contribution in [0.3, 0.4) is 0 Å². The summed E-state index contributed by atoms with van der Waals surface area (Å²) in [5.41, 5.74) is 6.78. The summed E-state index contributed by atoms with van der Waals surface area (Å²) < 4.78 is 0.929. The van der Waals surface area contributed by atoms with Crippen LogP contribution in [0.1, 0.15) is 61.7 Å². The Labute approximate surface area is 183 Å². The minimum absolute atomic E-state index is 0. The van der Waals surface area contributed by atoms with Crippen molar-refractivity contribution in [2.45, 2.75) is 62.7 Å². The molecule has 0 bridgehead atoms. The van der Waals surface area contributed by atoms with Gasteiger partial charge in [-0.1, -0.05) is 0 Å². The van der Waals surface area contributed by atoms with E-state index >= 15 is 0 Å². The van der Waals surface area contributed by atoms with E-state index in [9.17, 15) is 0 Å². The molecule has 22 heavy (non-hydrogen) atoms. The van der Waals surface area contributed by atoms with E-state index in [0.29, 0.717) is 0 Å². The van der Waals surface area contributed by atoms with Crippen molar-refractivity contribution < 1.29 is 70.3 Å². The average molecular weight is 618 g/mol. The Morgan fingerprint density at radius 2 is 1.68 bits per heavy atom. The second-order valence-electron chi connectivity index (χ2n) is 5.95. The SMILES string of the molecule is CCCCC1=C(C)c2ccccc2[CH]1[Zr+2][SiH](CC)CC.[I-].[I-]. The van der Waals surface area contributed by atoms with Gasteiger partial charge in [0.15, 0.2) is 0 Å². The molecule has 1 aromatic rings. The summed E-state index contributed by atoms with van der Waals surface area (Å²) in [7, 11) is 0. The summed E-state index contributed by atoms with van der Waals surface area (Å²) in [4.78, 5) is 0. The second-order valence-corrected chi connectivity index (χ2v) is 19.2. The third kappa shape index (κ3) is 5.52. The maximum absolute atomic E-state index is 2.45. The Hall–Kier alpha value is 1.52. The molecule has 1 aromatic carbocycles. The molecule has 122 valence electrons. The number of halogens is 2. The van der Waals surface area contributed by atoms with Gasteiger partial charge in [-0.05, 0) is 0 Å². The first-order valence-corrected chi connectivity index (χ1v) is 16.2. The van der Waals surface area contributed by atoms with Crippen LogP contribution in [0.15, 0.2) is 29.8 Å². The van der Waals surface area contributed by atoms with Gasteiger partial charge in [0.2, 0.25) is 0 Å². The maximum Gasteiger partial charge on any atom is -1.00 e. The standard InChI is InChI=1S/C14H17.C4H11Si.2HI.Zr/c1-3-4-7-12-10-13-8-5-6-9-14(13)11(12)2;1-3-5-4-2;;;/h5-6,8-10H,3-4,7H2,1-2H3;5H,3-4H2,1-2H3;2*1H;/q;;;;+2/p-2. The molecule has 0 aliphatic heterocycles. The van der Waals surface area contributed by atoms with Crippen molar-refractivity contribution in [3.8, 4) is 0 Å². The van der Waals surface area contributed by atoms with Gasteiger partial charge in [0.05, 0.1) is 0 Å². The fourth-order valence-corrected chi connectivity index (χ4v) is 16.5. The molecular formula is C18H28I2SiZr. The number of hydrogen-bond acceptors (Lipinski definition) is 0. The van der Waals surface area contributed by atoms with Gasteiger partial charge in [-0.3, -0.25) is 0 Å². The van der Waals surface area contributed by atoms with Crippen LogP contribution < -0.4 is 48.0 Å². The van der Waals surface area contributed by atoms with Crippen LogP contribution in [0.5, 0.6) is 0 Å². The fourth-order valence-electron chi connectivity index (χ4n) is 3.32. The van der Waals surface area contributed by atoms with Crippen molar-refractivity contribution in [3.05, 3.63) is 41.0 Å². The van der Waals surface area contributed by atoms with Crippen molar-refractivity contribution in [2.75, 3.05) is 0 Å². The number of rotatable bonds is 7. The van der Waals surface area contributed by atoms with Crippen molar-refractivity contribution in [2.24, 2.45) is 0 Å². The summed E-state index contributed by atoms with van der Waals surface area (Å²) >= 11 is -0.251. The van der Waals surface area contributed by atoms with Crippen LogP contribution in [-0.4, -0.2) is 5.92 Å². The summed E-state index contributed by atoms with van der Waals surface area (Å²) in [6.45, 7) is 9.61. The van der Waals surface area contributed by atoms with Crippen LogP contribution in [0.4, 0.5) is 0 Å². The predicted octanol–water partition coefficient (Wildman–Crippen LogP) is -0.441. The van der Waals surface area contributed by atoms with Crippen molar-refractivity contribution in [1.29, 1.82) is 0 Å². The molecule has 1 atom stereocenters. The Bertz CT molecular complexity index is 484. The van der Waals surface area contributed by atoms with E-state index in [1.54, 1.807) is 16.7 Å². The number of benzene rings is 1. The smallest absolute Gasteiger partial charge is 1.00 e. The van der Waals surface area contributed by atoms with E-state index in [1.807, 2.05) is 5.57 Å². The first-order chi connectivity index (χ1) is 9.72. The second kappa shape index (κ2) is 12.0. The van der Waals surface area contributed by atoms with Gasteiger partial charge in [0, 0.05) is 0 Å². The maximum atomic E-state index is 2.45. The molecule has 1 unspecified atom stereocenters. The van der Waals surface area contributed by atoms with E-state index in [0.717, 1.165) is 3.63 Å². The first-order valence-electron chi connectivity index (χ1n) is 8.27. The first kappa shape index (κ1) is 23.5. The minimum atomic E-state index is -0.368. The van der Waals surface area contributed by atoms with Gasteiger partial charge in [0.25, 0.3) is 0 Å². The van der Waals surface area contributed by atoms with Gasteiger partial charge >= 0.3 is 138 Å². The van der Waals surface area contributed by atoms with Gasteiger partial charge in [0.1, 0.15) is 0 Å². The Kier molecular flexibility index (Phi) is 12.8. The molecule has 0 nitrogen and oxygen atoms in total. The molecule has 0 aromatic heterocycles. The Balaban J connectivity index is 0.00000220. The number of allylic oxidation sites excluding steroid dienone is 2. The van der Waals surface area contributed by atoms with E-state index in [-0.39, 0.29) is 76.3 Å². The van der Waals surface area contributed by atoms with E-state index < -0.39 is 0 Å². The molecule has 0 saturated heterocycles. The van der Waals surface area contributed by atoms with Crippen LogP contribution in [0.25, 0.3) is 5.57 Å².